The monoisotopic (exact) mass is 577 g/mol. The summed E-state index contributed by atoms with van der Waals surface area (Å²) in [5.41, 5.74) is 2.15. The zero-order valence-electron chi connectivity index (χ0n) is 22.2. The van der Waals surface area contributed by atoms with Crippen molar-refractivity contribution >= 4 is 46.5 Å². The highest BCUT2D eigenvalue weighted by Crippen LogP contribution is 2.38. The van der Waals surface area contributed by atoms with Crippen molar-refractivity contribution in [1.82, 2.24) is 29.8 Å². The second-order valence-electron chi connectivity index (χ2n) is 10.5. The van der Waals surface area contributed by atoms with Crippen LogP contribution in [0.2, 0.25) is 5.02 Å². The summed E-state index contributed by atoms with van der Waals surface area (Å²) in [5.74, 6) is 0.683. The fourth-order valence-electron chi connectivity index (χ4n) is 5.21. The van der Waals surface area contributed by atoms with E-state index in [0.29, 0.717) is 66.1 Å². The van der Waals surface area contributed by atoms with Crippen LogP contribution in [0.5, 0.6) is 0 Å². The van der Waals surface area contributed by atoms with E-state index in [4.69, 9.17) is 16.3 Å². The molecule has 1 amide bonds. The van der Waals surface area contributed by atoms with Crippen LogP contribution in [0.4, 0.5) is 27.9 Å². The highest BCUT2D eigenvalue weighted by atomic mass is 35.5. The third-order valence-corrected chi connectivity index (χ3v) is 8.03. The van der Waals surface area contributed by atoms with Crippen LogP contribution in [-0.4, -0.2) is 93.2 Å². The van der Waals surface area contributed by atoms with Crippen molar-refractivity contribution in [2.45, 2.75) is 43.4 Å². The Hall–Kier alpha value is -4.37. The molecule has 3 aromatic rings. The van der Waals surface area contributed by atoms with Gasteiger partial charge >= 0.3 is 6.09 Å². The lowest BCUT2D eigenvalue weighted by atomic mass is 9.96. The number of nitrogens with one attached hydrogen (secondary N) is 3. The molecule has 0 spiro atoms. The molecule has 1 aliphatic carbocycles. The molecule has 3 aliphatic rings. The number of carboxylic acid groups (broad SMARTS) is 1. The van der Waals surface area contributed by atoms with Crippen LogP contribution in [0.1, 0.15) is 30.5 Å². The van der Waals surface area contributed by atoms with Crippen LogP contribution in [0.15, 0.2) is 18.3 Å². The summed E-state index contributed by atoms with van der Waals surface area (Å²) in [5, 5.41) is 43.9. The molecule has 1 aromatic carbocycles. The molecule has 0 bridgehead atoms. The molecule has 6 rings (SSSR count). The van der Waals surface area contributed by atoms with Crippen molar-refractivity contribution in [3.8, 4) is 12.1 Å². The summed E-state index contributed by atoms with van der Waals surface area (Å²) in [6, 6.07) is 7.66. The Morgan fingerprint density at radius 3 is 2.68 bits per heavy atom. The van der Waals surface area contributed by atoms with Gasteiger partial charge in [-0.1, -0.05) is 11.6 Å². The first-order chi connectivity index (χ1) is 19.8. The number of imidazole rings is 1. The van der Waals surface area contributed by atoms with E-state index < -0.39 is 6.09 Å². The van der Waals surface area contributed by atoms with Crippen molar-refractivity contribution in [3.05, 3.63) is 34.6 Å². The van der Waals surface area contributed by atoms with Crippen LogP contribution in [0.3, 0.4) is 0 Å². The molecule has 0 unspecified atom stereocenters. The highest BCUT2D eigenvalue weighted by molar-refractivity contribution is 6.36. The van der Waals surface area contributed by atoms with Gasteiger partial charge in [0.25, 0.3) is 0 Å². The van der Waals surface area contributed by atoms with Crippen molar-refractivity contribution in [2.24, 2.45) is 0 Å². The van der Waals surface area contributed by atoms with Crippen LogP contribution in [0.25, 0.3) is 5.65 Å². The Labute approximate surface area is 240 Å². The normalized spacial score (nSPS) is 20.6. The molecular weight excluding hydrogens is 550 g/mol. The number of nitrogens with zero attached hydrogens (tertiary/aromatic N) is 8. The summed E-state index contributed by atoms with van der Waals surface area (Å²) in [6.07, 6.45) is 3.07. The Kier molecular flexibility index (Phi) is 7.13. The van der Waals surface area contributed by atoms with Crippen molar-refractivity contribution in [2.75, 3.05) is 48.9 Å². The number of anilines is 4. The molecule has 2 atom stereocenters. The number of carbonyl (C=O) groups is 1. The van der Waals surface area contributed by atoms with Gasteiger partial charge in [-0.25, -0.2) is 9.78 Å². The summed E-state index contributed by atoms with van der Waals surface area (Å²) in [7, 11) is 1.58. The van der Waals surface area contributed by atoms with E-state index in [1.807, 2.05) is 0 Å². The van der Waals surface area contributed by atoms with Crippen LogP contribution in [0, 0.1) is 22.7 Å². The molecular formula is C26H28ClN11O3. The zero-order valence-corrected chi connectivity index (χ0v) is 23.0. The average Bonchev–Trinajstić information content (AvgIpc) is 3.67. The number of amides is 1. The van der Waals surface area contributed by atoms with Crippen molar-refractivity contribution < 1.29 is 14.6 Å². The van der Waals surface area contributed by atoms with Gasteiger partial charge in [-0.15, -0.1) is 5.10 Å². The smallest absolute Gasteiger partial charge is 0.407 e. The van der Waals surface area contributed by atoms with Crippen molar-refractivity contribution in [3.63, 3.8) is 0 Å². The topological polar surface area (TPSA) is 180 Å². The first-order valence-electron chi connectivity index (χ1n) is 13.3. The number of piperidine rings is 1. The Morgan fingerprint density at radius 2 is 2.02 bits per heavy atom. The number of fused-ring (bicyclic) bond motifs is 1. The molecule has 15 heteroatoms. The number of hydrogen-bond donors (Lipinski definition) is 4. The number of ether oxygens (including phenoxy) is 1. The maximum absolute atomic E-state index is 11.8. The summed E-state index contributed by atoms with van der Waals surface area (Å²) >= 11 is 6.95. The second-order valence-corrected chi connectivity index (χ2v) is 10.9. The third kappa shape index (κ3) is 5.37. The van der Waals surface area contributed by atoms with E-state index >= 15 is 0 Å². The van der Waals surface area contributed by atoms with E-state index in [1.54, 1.807) is 19.2 Å². The number of nitriles is 2. The maximum Gasteiger partial charge on any atom is 0.407 e. The van der Waals surface area contributed by atoms with Gasteiger partial charge in [0, 0.05) is 32.2 Å². The van der Waals surface area contributed by atoms with E-state index in [0.717, 1.165) is 12.8 Å². The predicted molar refractivity (Wildman–Crippen MR) is 150 cm³/mol. The SMILES string of the molecule is CN(C(=O)O)[C@H]1CCN(c2cc(C#N)cc(Nc3nc(NC4CC4)c4ncc(C#N)n4n3)c2Cl)C[C@@H]1NC1COC1. The van der Waals surface area contributed by atoms with E-state index in [2.05, 4.69) is 48.1 Å². The molecule has 1 saturated carbocycles. The first kappa shape index (κ1) is 26.8. The summed E-state index contributed by atoms with van der Waals surface area (Å²) < 4.78 is 6.73. The summed E-state index contributed by atoms with van der Waals surface area (Å²) in [4.78, 5) is 24.1. The van der Waals surface area contributed by atoms with Crippen LogP contribution >= 0.6 is 11.6 Å². The molecule has 3 fully saturated rings. The largest absolute Gasteiger partial charge is 0.465 e. The molecule has 4 N–H and O–H groups in total. The van der Waals surface area contributed by atoms with E-state index in [9.17, 15) is 20.4 Å². The minimum absolute atomic E-state index is 0.148. The minimum atomic E-state index is -0.985. The van der Waals surface area contributed by atoms with Gasteiger partial charge in [-0.2, -0.15) is 20.0 Å². The second kappa shape index (κ2) is 10.9. The fraction of sp³-hybridized carbons (Fsp3) is 0.462. The van der Waals surface area contributed by atoms with Gasteiger partial charge in [-0.3, -0.25) is 0 Å². The van der Waals surface area contributed by atoms with Gasteiger partial charge in [0.05, 0.1) is 59.5 Å². The average molecular weight is 578 g/mol. The molecule has 2 aliphatic heterocycles. The maximum atomic E-state index is 11.8. The lowest BCUT2D eigenvalue weighted by Crippen LogP contribution is -2.64. The molecule has 212 valence electrons. The standard InChI is InChI=1S/C26H28ClN11O3/c1-36(26(39)40)20-4-5-37(11-19(20)31-16-12-41-13-16)21-7-14(8-28)6-18(22(21)27)33-25-34-23(32-15-2-3-15)24-30-10-17(9-29)38(24)35-25/h6-7,10,15-16,19-20,31H,2-5,11-13H2,1H3,(H,39,40)(H2,32,33,34,35)/t19-,20-/m0/s1. The number of aromatic nitrogens is 4. The lowest BCUT2D eigenvalue weighted by Gasteiger charge is -2.45. The number of benzene rings is 1. The number of rotatable bonds is 8. The van der Waals surface area contributed by atoms with Crippen LogP contribution in [-0.2, 0) is 4.74 Å². The van der Waals surface area contributed by atoms with Gasteiger partial charge in [0.2, 0.25) is 5.95 Å². The van der Waals surface area contributed by atoms with Gasteiger partial charge in [0.15, 0.2) is 17.2 Å². The van der Waals surface area contributed by atoms with E-state index in [1.165, 1.54) is 15.6 Å². The van der Waals surface area contributed by atoms with Gasteiger partial charge in [-0.05, 0) is 31.4 Å². The van der Waals surface area contributed by atoms with Crippen LogP contribution < -0.4 is 20.9 Å². The molecule has 2 saturated heterocycles. The molecule has 4 heterocycles. The van der Waals surface area contributed by atoms with Crippen molar-refractivity contribution in [1.29, 1.82) is 10.5 Å². The third-order valence-electron chi connectivity index (χ3n) is 7.63. The molecule has 41 heavy (non-hydrogen) atoms. The number of halogens is 1. The first-order valence-corrected chi connectivity index (χ1v) is 13.7. The number of likely N-dealkylation sites (N-methyl/N-ethyl adjacent to an activating group) is 1. The number of hydrogen-bond acceptors (Lipinski definition) is 11. The van der Waals surface area contributed by atoms with E-state index in [-0.39, 0.29) is 35.8 Å². The molecule has 14 nitrogen and oxygen atoms in total. The Bertz CT molecular complexity index is 1570. The van der Waals surface area contributed by atoms with Gasteiger partial charge in [0.1, 0.15) is 6.07 Å². The predicted octanol–water partition coefficient (Wildman–Crippen LogP) is 2.38. The Balaban J connectivity index is 1.32. The minimum Gasteiger partial charge on any atom is -0.465 e. The molecule has 0 radical (unpaired) electrons. The quantitative estimate of drug-likeness (QED) is 0.307. The highest BCUT2D eigenvalue weighted by Gasteiger charge is 2.37. The summed E-state index contributed by atoms with van der Waals surface area (Å²) in [6.45, 7) is 2.16. The lowest BCUT2D eigenvalue weighted by molar-refractivity contribution is -0.0155. The fourth-order valence-corrected chi connectivity index (χ4v) is 5.48. The zero-order chi connectivity index (χ0) is 28.7. The Morgan fingerprint density at radius 1 is 1.22 bits per heavy atom. The molecule has 2 aromatic heterocycles. The van der Waals surface area contributed by atoms with Gasteiger partial charge < -0.3 is 35.6 Å².